The van der Waals surface area contributed by atoms with Crippen molar-refractivity contribution in [3.05, 3.63) is 59.9 Å². The number of nitrogens with zero attached hydrogens (tertiary/aromatic N) is 5. The zero-order chi connectivity index (χ0) is 25.5. The Morgan fingerprint density at radius 2 is 2.03 bits per heavy atom. The van der Waals surface area contributed by atoms with Crippen LogP contribution in [0.5, 0.6) is 11.6 Å². The van der Waals surface area contributed by atoms with Crippen LogP contribution in [0.4, 0.5) is 15.4 Å². The number of fused-ring (bicyclic) bond motifs is 2. The molecule has 2 aliphatic rings. The first-order chi connectivity index (χ1) is 18.0. The van der Waals surface area contributed by atoms with Gasteiger partial charge in [0.2, 0.25) is 5.88 Å². The number of amides is 3. The minimum absolute atomic E-state index is 0.0208. The molecule has 0 saturated heterocycles. The maximum atomic E-state index is 12.9. The molecule has 4 aromatic rings. The topological polar surface area (TPSA) is 127 Å². The van der Waals surface area contributed by atoms with Crippen LogP contribution in [0.25, 0.3) is 10.9 Å². The molecule has 3 aromatic heterocycles. The summed E-state index contributed by atoms with van der Waals surface area (Å²) in [5.41, 5.74) is 2.40. The number of ether oxygens (including phenoxy) is 1. The van der Waals surface area contributed by atoms with Crippen LogP contribution >= 0.6 is 0 Å². The van der Waals surface area contributed by atoms with E-state index >= 15 is 0 Å². The minimum Gasteiger partial charge on any atom is -0.439 e. The van der Waals surface area contributed by atoms with Crippen molar-refractivity contribution in [2.45, 2.75) is 51.6 Å². The Kier molecular flexibility index (Phi) is 5.74. The molecule has 6 rings (SSSR count). The summed E-state index contributed by atoms with van der Waals surface area (Å²) in [5.74, 6) is 2.71. The fourth-order valence-electron chi connectivity index (χ4n) is 4.66. The number of urea groups is 1. The van der Waals surface area contributed by atoms with E-state index in [0.717, 1.165) is 40.8 Å². The zero-order valence-electron chi connectivity index (χ0n) is 20.6. The Morgan fingerprint density at radius 3 is 2.84 bits per heavy atom. The monoisotopic (exact) mass is 501 g/mol. The summed E-state index contributed by atoms with van der Waals surface area (Å²) < 4.78 is 13.0. The summed E-state index contributed by atoms with van der Waals surface area (Å²) in [6.45, 7) is 4.86. The second-order valence-corrected chi connectivity index (χ2v) is 9.45. The molecule has 1 atom stereocenters. The van der Waals surface area contributed by atoms with Gasteiger partial charge in [0.25, 0.3) is 0 Å². The highest BCUT2D eigenvalue weighted by atomic mass is 16.5. The lowest BCUT2D eigenvalue weighted by Gasteiger charge is -2.34. The molecule has 190 valence electrons. The van der Waals surface area contributed by atoms with Crippen LogP contribution in [0.15, 0.2) is 47.4 Å². The summed E-state index contributed by atoms with van der Waals surface area (Å²) in [5, 5.41) is 10.4. The highest BCUT2D eigenvalue weighted by molar-refractivity contribution is 5.98. The molecule has 11 nitrogen and oxygen atoms in total. The first-order valence-electron chi connectivity index (χ1n) is 12.4. The van der Waals surface area contributed by atoms with Crippen LogP contribution in [0.2, 0.25) is 0 Å². The van der Waals surface area contributed by atoms with Crippen molar-refractivity contribution in [2.24, 2.45) is 0 Å². The van der Waals surface area contributed by atoms with Gasteiger partial charge < -0.3 is 19.5 Å². The van der Waals surface area contributed by atoms with Crippen molar-refractivity contribution in [3.8, 4) is 11.6 Å². The summed E-state index contributed by atoms with van der Waals surface area (Å²) in [6.07, 6.45) is 5.95. The van der Waals surface area contributed by atoms with Crippen LogP contribution in [-0.4, -0.2) is 49.2 Å². The molecule has 1 aliphatic carbocycles. The Morgan fingerprint density at radius 1 is 1.16 bits per heavy atom. The third-order valence-corrected chi connectivity index (χ3v) is 6.77. The van der Waals surface area contributed by atoms with Crippen molar-refractivity contribution in [2.75, 3.05) is 11.9 Å². The number of hydrogen-bond acceptors (Lipinski definition) is 7. The third-order valence-electron chi connectivity index (χ3n) is 6.77. The lowest BCUT2D eigenvalue weighted by atomic mass is 10.00. The standard InChI is InChI=1S/C26H27N7O4/c1-3-27-25(34)33-13-20-19(10-15(33)2)24(29-14-28-20)36-18-6-7-21-17(11-18)8-9-32(21)26(35)30-23-12-22(37-31-23)16-4-5-16/h6-9,11-12,14-16H,3-5,10,13H2,1-2H3,(H,27,34)(H,30,31,35). The van der Waals surface area contributed by atoms with Gasteiger partial charge in [-0.3, -0.25) is 9.88 Å². The van der Waals surface area contributed by atoms with Crippen LogP contribution in [0, 0.1) is 0 Å². The van der Waals surface area contributed by atoms with Crippen LogP contribution in [0.3, 0.4) is 0 Å². The van der Waals surface area contributed by atoms with Gasteiger partial charge in [0.05, 0.1) is 17.8 Å². The van der Waals surface area contributed by atoms with E-state index in [0.29, 0.717) is 42.9 Å². The number of carbonyl (C=O) groups excluding carboxylic acids is 2. The quantitative estimate of drug-likeness (QED) is 0.408. The van der Waals surface area contributed by atoms with Crippen molar-refractivity contribution in [1.82, 2.24) is 29.9 Å². The molecule has 1 aliphatic heterocycles. The van der Waals surface area contributed by atoms with E-state index in [2.05, 4.69) is 25.8 Å². The number of rotatable bonds is 5. The van der Waals surface area contributed by atoms with Crippen LogP contribution < -0.4 is 15.4 Å². The third kappa shape index (κ3) is 4.48. The predicted octanol–water partition coefficient (Wildman–Crippen LogP) is 4.65. The number of benzene rings is 1. The summed E-state index contributed by atoms with van der Waals surface area (Å²) in [6, 6.07) is 8.68. The molecule has 11 heteroatoms. The molecule has 3 amide bonds. The Balaban J connectivity index is 1.19. The lowest BCUT2D eigenvalue weighted by molar-refractivity contribution is 0.167. The fourth-order valence-corrected chi connectivity index (χ4v) is 4.66. The van der Waals surface area contributed by atoms with E-state index in [1.54, 1.807) is 23.2 Å². The second-order valence-electron chi connectivity index (χ2n) is 9.45. The van der Waals surface area contributed by atoms with Crippen molar-refractivity contribution in [1.29, 1.82) is 0 Å². The molecular formula is C26H27N7O4. The highest BCUT2D eigenvalue weighted by Gasteiger charge is 2.30. The van der Waals surface area contributed by atoms with Gasteiger partial charge in [0.1, 0.15) is 17.8 Å². The molecular weight excluding hydrogens is 474 g/mol. The molecule has 0 spiro atoms. The number of carbonyl (C=O) groups is 2. The Bertz CT molecular complexity index is 1490. The van der Waals surface area contributed by atoms with Crippen molar-refractivity contribution in [3.63, 3.8) is 0 Å². The SMILES string of the molecule is CCNC(=O)N1Cc2ncnc(Oc3ccc4c(ccn4C(=O)Nc4cc(C5CC5)on4)c3)c2CC1C. The smallest absolute Gasteiger partial charge is 0.331 e. The maximum absolute atomic E-state index is 12.9. The Hall–Kier alpha value is -4.41. The summed E-state index contributed by atoms with van der Waals surface area (Å²) in [4.78, 5) is 35.8. The number of anilines is 1. The van der Waals surface area contributed by atoms with E-state index in [-0.39, 0.29) is 18.1 Å². The first kappa shape index (κ1) is 23.0. The van der Waals surface area contributed by atoms with Crippen LogP contribution in [0.1, 0.15) is 49.6 Å². The second kappa shape index (κ2) is 9.23. The molecule has 2 N–H and O–H groups in total. The fraction of sp³-hybridized carbons (Fsp3) is 0.346. The van der Waals surface area contributed by atoms with E-state index in [1.165, 1.54) is 10.9 Å². The Labute approximate surface area is 212 Å². The molecule has 1 unspecified atom stereocenters. The van der Waals surface area contributed by atoms with Gasteiger partial charge in [-0.05, 0) is 57.4 Å². The van der Waals surface area contributed by atoms with Crippen molar-refractivity contribution < 1.29 is 18.8 Å². The average Bonchev–Trinajstić information content (AvgIpc) is 3.49. The van der Waals surface area contributed by atoms with E-state index in [9.17, 15) is 9.59 Å². The number of nitrogens with one attached hydrogen (secondary N) is 2. The number of aromatic nitrogens is 4. The largest absolute Gasteiger partial charge is 0.439 e. The first-order valence-corrected chi connectivity index (χ1v) is 12.4. The molecule has 37 heavy (non-hydrogen) atoms. The maximum Gasteiger partial charge on any atom is 0.331 e. The minimum atomic E-state index is -0.324. The van der Waals surface area contributed by atoms with Gasteiger partial charge in [-0.15, -0.1) is 0 Å². The molecule has 1 aromatic carbocycles. The normalized spacial score (nSPS) is 16.9. The lowest BCUT2D eigenvalue weighted by Crippen LogP contribution is -2.48. The van der Waals surface area contributed by atoms with E-state index in [4.69, 9.17) is 9.26 Å². The van der Waals surface area contributed by atoms with E-state index < -0.39 is 0 Å². The molecule has 4 heterocycles. The predicted molar refractivity (Wildman–Crippen MR) is 135 cm³/mol. The molecule has 1 fully saturated rings. The van der Waals surface area contributed by atoms with E-state index in [1.807, 2.05) is 32.0 Å². The molecule has 1 saturated carbocycles. The van der Waals surface area contributed by atoms with Crippen molar-refractivity contribution >= 4 is 28.8 Å². The molecule has 0 bridgehead atoms. The average molecular weight is 502 g/mol. The van der Waals surface area contributed by atoms with Crippen LogP contribution in [-0.2, 0) is 13.0 Å². The zero-order valence-corrected chi connectivity index (χ0v) is 20.6. The highest BCUT2D eigenvalue weighted by Crippen LogP contribution is 2.40. The van der Waals surface area contributed by atoms with Gasteiger partial charge in [-0.25, -0.2) is 19.6 Å². The van der Waals surface area contributed by atoms with Gasteiger partial charge in [-0.1, -0.05) is 5.16 Å². The summed E-state index contributed by atoms with van der Waals surface area (Å²) >= 11 is 0. The van der Waals surface area contributed by atoms with Gasteiger partial charge in [0.15, 0.2) is 5.82 Å². The summed E-state index contributed by atoms with van der Waals surface area (Å²) in [7, 11) is 0. The number of hydrogen-bond donors (Lipinski definition) is 2. The van der Waals surface area contributed by atoms with Gasteiger partial charge in [0, 0.05) is 41.7 Å². The molecule has 0 radical (unpaired) electrons. The van der Waals surface area contributed by atoms with Gasteiger partial charge >= 0.3 is 12.1 Å². The van der Waals surface area contributed by atoms with Gasteiger partial charge in [-0.2, -0.15) is 0 Å².